The number of benzene rings is 2. The maximum Gasteiger partial charge on any atom is 0.558 e. The van der Waals surface area contributed by atoms with Crippen LogP contribution in [0.3, 0.4) is 0 Å². The first kappa shape index (κ1) is 14.1. The Morgan fingerprint density at radius 1 is 0.850 bits per heavy atom. The minimum Gasteiger partial charge on any atom is -0.284 e. The molecule has 0 spiro atoms. The van der Waals surface area contributed by atoms with E-state index < -0.39 is 12.3 Å². The van der Waals surface area contributed by atoms with Crippen LogP contribution in [0.5, 0.6) is 0 Å². The van der Waals surface area contributed by atoms with Crippen LogP contribution in [0.15, 0.2) is 54.6 Å². The third-order valence-electron chi connectivity index (χ3n) is 2.44. The average Bonchev–Trinajstić information content (AvgIpc) is 2.45. The third kappa shape index (κ3) is 3.83. The summed E-state index contributed by atoms with van der Waals surface area (Å²) >= 11 is 0. The first-order valence-corrected chi connectivity index (χ1v) is 5.58. The summed E-state index contributed by atoms with van der Waals surface area (Å²) in [7, 11) is 0. The lowest BCUT2D eigenvalue weighted by Gasteiger charge is -2.06. The molecule has 104 valence electrons. The van der Waals surface area contributed by atoms with E-state index in [1.807, 2.05) is 30.3 Å². The fourth-order valence-corrected chi connectivity index (χ4v) is 1.56. The number of halogens is 3. The van der Waals surface area contributed by atoms with E-state index in [-0.39, 0.29) is 5.56 Å². The average molecular weight is 282 g/mol. The molecule has 6 heteroatoms. The van der Waals surface area contributed by atoms with Crippen molar-refractivity contribution < 1.29 is 27.7 Å². The number of carbonyl (C=O) groups excluding carboxylic acids is 1. The van der Waals surface area contributed by atoms with Crippen LogP contribution in [0.4, 0.5) is 13.2 Å². The fourth-order valence-electron chi connectivity index (χ4n) is 1.56. The number of alkyl halides is 3. The monoisotopic (exact) mass is 282 g/mol. The van der Waals surface area contributed by atoms with Gasteiger partial charge in [-0.3, -0.25) is 4.89 Å². The molecular formula is C14H9F3O3. The molecule has 0 aliphatic heterocycles. The van der Waals surface area contributed by atoms with Gasteiger partial charge in [-0.05, 0) is 23.3 Å². The van der Waals surface area contributed by atoms with Crippen molar-refractivity contribution in [2.75, 3.05) is 0 Å². The number of rotatable bonds is 3. The molecule has 0 saturated heterocycles. The molecule has 0 aliphatic rings. The van der Waals surface area contributed by atoms with E-state index in [1.54, 1.807) is 12.1 Å². The van der Waals surface area contributed by atoms with Crippen molar-refractivity contribution in [1.82, 2.24) is 0 Å². The first-order chi connectivity index (χ1) is 9.46. The highest BCUT2D eigenvalue weighted by Crippen LogP contribution is 2.21. The number of hydrogen-bond donors (Lipinski definition) is 0. The Balaban J connectivity index is 2.07. The largest absolute Gasteiger partial charge is 0.558 e. The summed E-state index contributed by atoms with van der Waals surface area (Å²) in [5.74, 6) is -1.21. The summed E-state index contributed by atoms with van der Waals surface area (Å²) < 4.78 is 35.2. The van der Waals surface area contributed by atoms with Crippen LogP contribution in [0, 0.1) is 0 Å². The second kappa shape index (κ2) is 5.75. The van der Waals surface area contributed by atoms with Gasteiger partial charge in [0.05, 0.1) is 5.56 Å². The quantitative estimate of drug-likeness (QED) is 0.631. The van der Waals surface area contributed by atoms with Crippen molar-refractivity contribution in [3.8, 4) is 11.1 Å². The molecule has 2 aromatic rings. The molecule has 0 atom stereocenters. The van der Waals surface area contributed by atoms with Gasteiger partial charge in [0.2, 0.25) is 0 Å². The third-order valence-corrected chi connectivity index (χ3v) is 2.44. The zero-order valence-corrected chi connectivity index (χ0v) is 10.1. The van der Waals surface area contributed by atoms with E-state index in [0.29, 0.717) is 0 Å². The highest BCUT2D eigenvalue weighted by molar-refractivity contribution is 5.89. The van der Waals surface area contributed by atoms with E-state index >= 15 is 0 Å². The van der Waals surface area contributed by atoms with Gasteiger partial charge in [0.1, 0.15) is 0 Å². The molecule has 0 fully saturated rings. The Bertz CT molecular complexity index is 577. The van der Waals surface area contributed by atoms with E-state index in [0.717, 1.165) is 11.1 Å². The lowest BCUT2D eigenvalue weighted by Crippen LogP contribution is -2.17. The maximum absolute atomic E-state index is 11.7. The molecule has 0 unspecified atom stereocenters. The summed E-state index contributed by atoms with van der Waals surface area (Å²) in [5, 5.41) is 0. The molecule has 0 aromatic heterocycles. The SMILES string of the molecule is O=C(OOC(F)(F)F)c1ccc(-c2ccccc2)cc1. The molecular weight excluding hydrogens is 273 g/mol. The van der Waals surface area contributed by atoms with E-state index in [1.165, 1.54) is 12.1 Å². The zero-order chi connectivity index (χ0) is 14.6. The van der Waals surface area contributed by atoms with E-state index in [9.17, 15) is 18.0 Å². The summed E-state index contributed by atoms with van der Waals surface area (Å²) in [6.07, 6.45) is -5.01. The van der Waals surface area contributed by atoms with Crippen LogP contribution in [-0.2, 0) is 9.78 Å². The highest BCUT2D eigenvalue weighted by atomic mass is 19.4. The van der Waals surface area contributed by atoms with Gasteiger partial charge in [-0.2, -0.15) is 0 Å². The van der Waals surface area contributed by atoms with Gasteiger partial charge in [0.25, 0.3) is 0 Å². The van der Waals surface area contributed by atoms with Crippen molar-refractivity contribution in [3.63, 3.8) is 0 Å². The van der Waals surface area contributed by atoms with E-state index in [4.69, 9.17) is 0 Å². The summed E-state index contributed by atoms with van der Waals surface area (Å²) in [6, 6.07) is 15.3. The van der Waals surface area contributed by atoms with Crippen molar-refractivity contribution >= 4 is 5.97 Å². The Labute approximate surface area is 112 Å². The second-order valence-electron chi connectivity index (χ2n) is 3.84. The topological polar surface area (TPSA) is 35.5 Å². The standard InChI is InChI=1S/C14H9F3O3/c15-14(16,17)20-19-13(18)12-8-6-11(7-9-12)10-4-2-1-3-5-10/h1-9H. The van der Waals surface area contributed by atoms with Crippen LogP contribution >= 0.6 is 0 Å². The van der Waals surface area contributed by atoms with Crippen molar-refractivity contribution in [2.45, 2.75) is 6.36 Å². The van der Waals surface area contributed by atoms with Gasteiger partial charge in [-0.15, -0.1) is 13.2 Å². The Hall–Kier alpha value is -2.34. The normalized spacial score (nSPS) is 11.2. The summed E-state index contributed by atoms with van der Waals surface area (Å²) in [6.45, 7) is 0. The van der Waals surface area contributed by atoms with Crippen LogP contribution in [0.2, 0.25) is 0 Å². The Morgan fingerprint density at radius 3 is 1.95 bits per heavy atom. The van der Waals surface area contributed by atoms with Crippen LogP contribution in [-0.4, -0.2) is 12.3 Å². The lowest BCUT2D eigenvalue weighted by molar-refractivity contribution is -0.457. The first-order valence-electron chi connectivity index (χ1n) is 5.58. The van der Waals surface area contributed by atoms with Crippen molar-refractivity contribution in [2.24, 2.45) is 0 Å². The Kier molecular flexibility index (Phi) is 4.05. The predicted molar refractivity (Wildman–Crippen MR) is 64.4 cm³/mol. The molecule has 2 rings (SSSR count). The lowest BCUT2D eigenvalue weighted by atomic mass is 10.0. The van der Waals surface area contributed by atoms with Gasteiger partial charge in [-0.25, -0.2) is 4.79 Å². The molecule has 2 aromatic carbocycles. The molecule has 0 amide bonds. The molecule has 0 bridgehead atoms. The zero-order valence-electron chi connectivity index (χ0n) is 10.1. The maximum atomic E-state index is 11.7. The molecule has 20 heavy (non-hydrogen) atoms. The highest BCUT2D eigenvalue weighted by Gasteiger charge is 2.33. The smallest absolute Gasteiger partial charge is 0.284 e. The predicted octanol–water partition coefficient (Wildman–Crippen LogP) is 3.96. The molecule has 0 N–H and O–H groups in total. The molecule has 0 radical (unpaired) electrons. The van der Waals surface area contributed by atoms with E-state index in [2.05, 4.69) is 9.78 Å². The number of hydrogen-bond acceptors (Lipinski definition) is 3. The van der Waals surface area contributed by atoms with Crippen LogP contribution in [0.25, 0.3) is 11.1 Å². The van der Waals surface area contributed by atoms with Gasteiger partial charge in [0, 0.05) is 0 Å². The summed E-state index contributed by atoms with van der Waals surface area (Å²) in [5.41, 5.74) is 1.73. The van der Waals surface area contributed by atoms with Crippen LogP contribution in [0.1, 0.15) is 10.4 Å². The Morgan fingerprint density at radius 2 is 1.40 bits per heavy atom. The number of carbonyl (C=O) groups is 1. The van der Waals surface area contributed by atoms with Crippen LogP contribution < -0.4 is 0 Å². The minimum atomic E-state index is -5.01. The fraction of sp³-hybridized carbons (Fsp3) is 0.0714. The molecule has 0 aliphatic carbocycles. The molecule has 0 saturated carbocycles. The van der Waals surface area contributed by atoms with Crippen molar-refractivity contribution in [1.29, 1.82) is 0 Å². The minimum absolute atomic E-state index is 0.0334. The second-order valence-corrected chi connectivity index (χ2v) is 3.84. The van der Waals surface area contributed by atoms with Gasteiger partial charge < -0.3 is 0 Å². The molecule has 0 heterocycles. The molecule has 3 nitrogen and oxygen atoms in total. The van der Waals surface area contributed by atoms with Crippen molar-refractivity contribution in [3.05, 3.63) is 60.2 Å². The van der Waals surface area contributed by atoms with Gasteiger partial charge in [0.15, 0.2) is 0 Å². The van der Waals surface area contributed by atoms with Gasteiger partial charge >= 0.3 is 12.3 Å². The summed E-state index contributed by atoms with van der Waals surface area (Å²) in [4.78, 5) is 18.0. The van der Waals surface area contributed by atoms with Gasteiger partial charge in [-0.1, -0.05) is 47.4 Å².